The third-order valence-corrected chi connectivity index (χ3v) is 13.1. The van der Waals surface area contributed by atoms with Gasteiger partial charge in [0.2, 0.25) is 5.79 Å². The molecule has 4 aromatic rings. The maximum Gasteiger partial charge on any atom is 0.412 e. The predicted octanol–water partition coefficient (Wildman–Crippen LogP) is 10.1. The largest absolute Gasteiger partial charge is 0.459 e. The van der Waals surface area contributed by atoms with Gasteiger partial charge in [-0.05, 0) is 109 Å². The van der Waals surface area contributed by atoms with Crippen LogP contribution in [0.4, 0.5) is 19.7 Å². The number of unbranched alkanes of at least 4 members (excludes halogenated alkanes) is 2. The van der Waals surface area contributed by atoms with Crippen molar-refractivity contribution in [2.75, 3.05) is 26.4 Å². The van der Waals surface area contributed by atoms with Crippen molar-refractivity contribution in [2.24, 2.45) is 22.9 Å². The van der Waals surface area contributed by atoms with Gasteiger partial charge < -0.3 is 39.3 Å². The molecular weight excluding hydrogens is 900 g/mol. The van der Waals surface area contributed by atoms with E-state index >= 15 is 0 Å². The van der Waals surface area contributed by atoms with E-state index in [2.05, 4.69) is 24.6 Å². The number of carbonyl (C=O) groups is 2. The van der Waals surface area contributed by atoms with E-state index in [1.807, 2.05) is 36.4 Å². The lowest BCUT2D eigenvalue weighted by atomic mass is 9.55. The minimum atomic E-state index is -1.66. The van der Waals surface area contributed by atoms with E-state index in [4.69, 9.17) is 28.9 Å². The molecule has 6 atom stereocenters. The highest BCUT2D eigenvalue weighted by Crippen LogP contribution is 2.62. The van der Waals surface area contributed by atoms with Crippen molar-refractivity contribution < 1.29 is 52.9 Å². The summed E-state index contributed by atoms with van der Waals surface area (Å²) in [6.45, 7) is 7.99. The number of nitro groups is 1. The average Bonchev–Trinajstić information content (AvgIpc) is 3.37. The summed E-state index contributed by atoms with van der Waals surface area (Å²) in [6, 6.07) is 25.5. The molecule has 2 amide bonds. The highest BCUT2D eigenvalue weighted by atomic mass is 19.1. The number of benzene rings is 4. The highest BCUT2D eigenvalue weighted by molar-refractivity contribution is 6.03. The number of fused-ring (bicyclic) bond motifs is 2. The number of nitrogens with zero attached hydrogens (tertiary/aromatic N) is 3. The van der Waals surface area contributed by atoms with E-state index < -0.39 is 46.6 Å². The Morgan fingerprint density at radius 1 is 0.929 bits per heavy atom. The molecule has 0 aromatic heterocycles. The van der Waals surface area contributed by atoms with Crippen LogP contribution >= 0.6 is 0 Å². The van der Waals surface area contributed by atoms with Gasteiger partial charge in [0.05, 0.1) is 29.8 Å². The van der Waals surface area contributed by atoms with Crippen LogP contribution in [0, 0.1) is 33.7 Å². The first kappa shape index (κ1) is 51.0. The first-order chi connectivity index (χ1) is 34.1. The molecular formula is C54H61FN4O11. The van der Waals surface area contributed by atoms with Crippen LogP contribution in [0.3, 0.4) is 0 Å². The van der Waals surface area contributed by atoms with Gasteiger partial charge in [-0.3, -0.25) is 15.0 Å². The Kier molecular flexibility index (Phi) is 17.9. The number of nitrogens with one attached hydrogen (secondary N) is 1. The predicted molar refractivity (Wildman–Crippen MR) is 260 cm³/mol. The molecule has 1 fully saturated rings. The third-order valence-electron chi connectivity index (χ3n) is 13.1. The van der Waals surface area contributed by atoms with Crippen LogP contribution in [0.15, 0.2) is 139 Å². The molecule has 1 aliphatic heterocycles. The molecule has 0 unspecified atom stereocenters. The van der Waals surface area contributed by atoms with Gasteiger partial charge in [-0.25, -0.2) is 14.0 Å². The maximum atomic E-state index is 14.7. The van der Waals surface area contributed by atoms with Crippen LogP contribution in [0.1, 0.15) is 79.5 Å². The van der Waals surface area contributed by atoms with E-state index in [0.29, 0.717) is 67.5 Å². The molecule has 16 heteroatoms. The number of hydrogen-bond acceptors (Lipinski definition) is 12. The van der Waals surface area contributed by atoms with Gasteiger partial charge in [0, 0.05) is 56.3 Å². The molecule has 370 valence electrons. The number of oxime groups is 1. The number of halogens is 1. The van der Waals surface area contributed by atoms with Crippen molar-refractivity contribution in [2.45, 2.75) is 88.8 Å². The lowest BCUT2D eigenvalue weighted by molar-refractivity contribution is -0.384. The molecule has 1 saturated carbocycles. The molecule has 2 aliphatic carbocycles. The maximum absolute atomic E-state index is 14.7. The zero-order chi connectivity index (χ0) is 49.5. The second-order valence-corrected chi connectivity index (χ2v) is 17.6. The summed E-state index contributed by atoms with van der Waals surface area (Å²) in [5.41, 5.74) is 4.03. The average molecular weight is 961 g/mol. The van der Waals surface area contributed by atoms with E-state index in [9.17, 15) is 34.3 Å². The summed E-state index contributed by atoms with van der Waals surface area (Å²) in [5, 5.41) is 39.1. The summed E-state index contributed by atoms with van der Waals surface area (Å²) >= 11 is 0. The van der Waals surface area contributed by atoms with Crippen molar-refractivity contribution in [1.82, 2.24) is 10.2 Å². The molecule has 15 nitrogen and oxygen atoms in total. The summed E-state index contributed by atoms with van der Waals surface area (Å²) < 4.78 is 40.6. The van der Waals surface area contributed by atoms with E-state index in [1.165, 1.54) is 29.2 Å². The van der Waals surface area contributed by atoms with Crippen LogP contribution in [0.2, 0.25) is 0 Å². The summed E-state index contributed by atoms with van der Waals surface area (Å²) in [7, 11) is 0. The third kappa shape index (κ3) is 12.3. The molecule has 1 heterocycles. The molecule has 4 aromatic carbocycles. The smallest absolute Gasteiger partial charge is 0.412 e. The SMILES string of the molecule is C=CCCOC(=O)N(Cc1ccc(F)cc1)[C@H]1CC(=NOCc2ccc([N+](=O)[O-])cc2)C2=C[C@H](CCCCO)[C@@H](CCCCO)[C@@H]3c4cc(OC(=O)NCc5ccccc5)ccc4O[C@@]1(OCC=C)[C@H]23. The van der Waals surface area contributed by atoms with Crippen molar-refractivity contribution in [3.8, 4) is 11.5 Å². The van der Waals surface area contributed by atoms with Crippen molar-refractivity contribution in [3.63, 3.8) is 0 Å². The van der Waals surface area contributed by atoms with Gasteiger partial charge in [-0.2, -0.15) is 0 Å². The van der Waals surface area contributed by atoms with Crippen LogP contribution < -0.4 is 14.8 Å². The Bertz CT molecular complexity index is 2490. The zero-order valence-electron chi connectivity index (χ0n) is 39.2. The Morgan fingerprint density at radius 2 is 1.66 bits per heavy atom. The number of rotatable bonds is 24. The normalized spacial score (nSPS) is 21.5. The number of aliphatic hydroxyl groups excluding tert-OH is 2. The van der Waals surface area contributed by atoms with Crippen LogP contribution in [0.25, 0.3) is 0 Å². The van der Waals surface area contributed by atoms with Crippen LogP contribution in [-0.2, 0) is 34.0 Å². The first-order valence-corrected chi connectivity index (χ1v) is 23.8. The summed E-state index contributed by atoms with van der Waals surface area (Å²) in [6.07, 6.45) is 8.37. The number of carbonyl (C=O) groups excluding carboxylic acids is 2. The fourth-order valence-electron chi connectivity index (χ4n) is 9.92. The molecule has 7 rings (SSSR count). The van der Waals surface area contributed by atoms with E-state index in [-0.39, 0.29) is 75.8 Å². The van der Waals surface area contributed by atoms with Gasteiger partial charge >= 0.3 is 12.2 Å². The van der Waals surface area contributed by atoms with Gasteiger partial charge in [0.1, 0.15) is 30.0 Å². The molecule has 0 bridgehead atoms. The molecule has 3 N–H and O–H groups in total. The molecule has 70 heavy (non-hydrogen) atoms. The van der Waals surface area contributed by atoms with Gasteiger partial charge in [0.15, 0.2) is 0 Å². The summed E-state index contributed by atoms with van der Waals surface area (Å²) in [4.78, 5) is 46.7. The van der Waals surface area contributed by atoms with Crippen molar-refractivity contribution in [1.29, 1.82) is 0 Å². The number of nitro benzene ring substituents is 1. The van der Waals surface area contributed by atoms with Gasteiger partial charge in [-0.15, -0.1) is 13.2 Å². The Hall–Kier alpha value is -6.88. The zero-order valence-corrected chi connectivity index (χ0v) is 39.2. The quantitative estimate of drug-likeness (QED) is 0.0262. The topological polar surface area (TPSA) is 192 Å². The number of ether oxygens (including phenoxy) is 4. The van der Waals surface area contributed by atoms with Gasteiger partial charge in [-0.1, -0.05) is 78.7 Å². The Morgan fingerprint density at radius 3 is 2.36 bits per heavy atom. The minimum Gasteiger partial charge on any atom is -0.459 e. The number of amides is 2. The van der Waals surface area contributed by atoms with E-state index in [0.717, 1.165) is 16.7 Å². The molecule has 0 spiro atoms. The standard InChI is InChI=1S/C54H61FN4O11/c1-3-5-30-66-53(63)58(35-38-17-21-41(55)22-18-38)49-33-47(57-68-36-39-19-23-42(24-20-39)59(64)65)45-31-40(15-9-11-27-60)44(16-10-12-28-61)50-46-32-43(69-52(62)56-34-37-13-7-6-8-14-37)25-26-48(46)70-54(49,51(45)50)67-29-4-2/h3-4,6-8,13-14,17-26,31-32,40,44,49-51,60-61H,1-2,5,9-12,15-16,27-30,33-36H2,(H,56,62)/t40-,44+,49-,50+,51+,54+/m0/s1. The lowest BCUT2D eigenvalue weighted by Gasteiger charge is -2.59. The Balaban J connectivity index is 1.41. The molecule has 0 radical (unpaired) electrons. The first-order valence-electron chi connectivity index (χ1n) is 23.8. The second-order valence-electron chi connectivity index (χ2n) is 17.6. The number of allylic oxidation sites excluding steroid dienone is 1. The molecule has 3 aliphatic rings. The lowest BCUT2D eigenvalue weighted by Crippen LogP contribution is -2.70. The van der Waals surface area contributed by atoms with Crippen molar-refractivity contribution in [3.05, 3.63) is 172 Å². The van der Waals surface area contributed by atoms with Crippen molar-refractivity contribution >= 4 is 23.6 Å². The van der Waals surface area contributed by atoms with Crippen LogP contribution in [0.5, 0.6) is 11.5 Å². The number of aliphatic hydroxyl groups is 2. The van der Waals surface area contributed by atoms with E-state index in [1.54, 1.807) is 48.6 Å². The minimum absolute atomic E-state index is 0.000753. The fraction of sp³-hybridized carbons (Fsp3) is 0.389. The second kappa shape index (κ2) is 24.6. The monoisotopic (exact) mass is 960 g/mol. The van der Waals surface area contributed by atoms with Crippen LogP contribution in [-0.4, -0.2) is 76.2 Å². The number of hydrogen-bond donors (Lipinski definition) is 3. The fourth-order valence-corrected chi connectivity index (χ4v) is 9.92. The van der Waals surface area contributed by atoms with Gasteiger partial charge in [0.25, 0.3) is 5.69 Å². The number of non-ortho nitro benzene ring substituents is 1. The Labute approximate surface area is 407 Å². The highest BCUT2D eigenvalue weighted by Gasteiger charge is 2.65. The summed E-state index contributed by atoms with van der Waals surface area (Å²) in [5.74, 6) is -2.80. The molecule has 0 saturated heterocycles.